The van der Waals surface area contributed by atoms with Crippen LogP contribution in [-0.2, 0) is 22.5 Å². The number of carbonyl (C=O) groups excluding carboxylic acids is 2. The van der Waals surface area contributed by atoms with Gasteiger partial charge in [0.15, 0.2) is 0 Å². The van der Waals surface area contributed by atoms with Crippen molar-refractivity contribution in [3.8, 4) is 5.75 Å². The van der Waals surface area contributed by atoms with E-state index in [9.17, 15) is 9.59 Å². The molecule has 1 aromatic carbocycles. The van der Waals surface area contributed by atoms with Crippen LogP contribution >= 0.6 is 0 Å². The number of ether oxygens (including phenoxy) is 2. The second-order valence-corrected chi connectivity index (χ2v) is 7.32. The van der Waals surface area contributed by atoms with Crippen molar-refractivity contribution >= 4 is 12.0 Å². The topological polar surface area (TPSA) is 71.1 Å². The summed E-state index contributed by atoms with van der Waals surface area (Å²) in [7, 11) is 0. The molecule has 3 rings (SSSR count). The number of piperazine rings is 1. The van der Waals surface area contributed by atoms with Gasteiger partial charge in [-0.15, -0.1) is 0 Å². The van der Waals surface area contributed by atoms with E-state index in [1.807, 2.05) is 13.8 Å². The summed E-state index contributed by atoms with van der Waals surface area (Å²) in [5.74, 6) is 0.729. The lowest BCUT2D eigenvalue weighted by Gasteiger charge is -2.34. The Kier molecular flexibility index (Phi) is 6.55. The fourth-order valence-electron chi connectivity index (χ4n) is 3.41. The van der Waals surface area contributed by atoms with Gasteiger partial charge in [-0.05, 0) is 31.0 Å². The molecule has 0 aliphatic carbocycles. The Labute approximate surface area is 160 Å². The first kappa shape index (κ1) is 19.5. The number of hydrogen-bond acceptors (Lipinski definition) is 5. The summed E-state index contributed by atoms with van der Waals surface area (Å²) >= 11 is 0. The van der Waals surface area contributed by atoms with Crippen molar-refractivity contribution in [1.82, 2.24) is 15.1 Å². The zero-order chi connectivity index (χ0) is 19.2. The first-order valence-electron chi connectivity index (χ1n) is 9.70. The summed E-state index contributed by atoms with van der Waals surface area (Å²) in [4.78, 5) is 27.9. The maximum atomic E-state index is 12.2. The Morgan fingerprint density at radius 2 is 2.00 bits per heavy atom. The molecule has 0 aromatic heterocycles. The normalized spacial score (nSPS) is 16.8. The number of nitrogens with zero attached hydrogens (tertiary/aromatic N) is 2. The fraction of sp³-hybridized carbons (Fsp3) is 0.600. The van der Waals surface area contributed by atoms with E-state index in [0.29, 0.717) is 19.6 Å². The molecule has 1 saturated heterocycles. The molecule has 2 aliphatic rings. The van der Waals surface area contributed by atoms with E-state index in [2.05, 4.69) is 28.4 Å². The van der Waals surface area contributed by atoms with Crippen LogP contribution in [0.4, 0.5) is 4.79 Å². The lowest BCUT2D eigenvalue weighted by Crippen LogP contribution is -2.51. The van der Waals surface area contributed by atoms with Gasteiger partial charge in [0.1, 0.15) is 5.75 Å². The average Bonchev–Trinajstić information content (AvgIpc) is 3.09. The third-order valence-corrected chi connectivity index (χ3v) is 4.79. The van der Waals surface area contributed by atoms with Gasteiger partial charge in [0.25, 0.3) is 0 Å². The molecule has 1 N–H and O–H groups in total. The van der Waals surface area contributed by atoms with Gasteiger partial charge in [0.05, 0.1) is 19.1 Å². The minimum atomic E-state index is -0.283. The number of benzene rings is 1. The van der Waals surface area contributed by atoms with Gasteiger partial charge in [-0.3, -0.25) is 9.69 Å². The van der Waals surface area contributed by atoms with Gasteiger partial charge < -0.3 is 19.7 Å². The molecule has 0 radical (unpaired) electrons. The molecular formula is C20H29N3O4. The van der Waals surface area contributed by atoms with Crippen LogP contribution in [0.3, 0.4) is 0 Å². The zero-order valence-corrected chi connectivity index (χ0v) is 16.2. The van der Waals surface area contributed by atoms with Crippen molar-refractivity contribution in [2.45, 2.75) is 39.3 Å². The first-order valence-corrected chi connectivity index (χ1v) is 9.70. The second kappa shape index (κ2) is 9.08. The highest BCUT2D eigenvalue weighted by Gasteiger charge is 2.21. The highest BCUT2D eigenvalue weighted by atomic mass is 16.5. The molecule has 27 heavy (non-hydrogen) atoms. The standard InChI is InChI=1S/C20H29N3O4/c1-15(2)27-19(24)5-7-21-20(25)23-10-8-22(9-11-23)14-16-3-4-18-17(13-16)6-12-26-18/h3-4,13,15H,5-12,14H2,1-2H3,(H,21,25). The zero-order valence-electron chi connectivity index (χ0n) is 16.2. The molecule has 2 aliphatic heterocycles. The molecular weight excluding hydrogens is 346 g/mol. The number of nitrogens with one attached hydrogen (secondary N) is 1. The van der Waals surface area contributed by atoms with Crippen LogP contribution < -0.4 is 10.1 Å². The Balaban J connectivity index is 1.37. The highest BCUT2D eigenvalue weighted by Crippen LogP contribution is 2.26. The number of esters is 1. The van der Waals surface area contributed by atoms with Gasteiger partial charge in [0, 0.05) is 45.7 Å². The van der Waals surface area contributed by atoms with Crippen LogP contribution in [0, 0.1) is 0 Å². The lowest BCUT2D eigenvalue weighted by atomic mass is 10.1. The molecule has 0 spiro atoms. The molecule has 2 amide bonds. The first-order chi connectivity index (χ1) is 13.0. The molecule has 0 unspecified atom stereocenters. The summed E-state index contributed by atoms with van der Waals surface area (Å²) in [6.45, 7) is 8.67. The molecule has 1 fully saturated rings. The quantitative estimate of drug-likeness (QED) is 0.768. The average molecular weight is 375 g/mol. The van der Waals surface area contributed by atoms with Crippen molar-refractivity contribution in [2.24, 2.45) is 0 Å². The molecule has 0 saturated carbocycles. The van der Waals surface area contributed by atoms with E-state index in [0.717, 1.165) is 38.4 Å². The van der Waals surface area contributed by atoms with Crippen molar-refractivity contribution in [3.05, 3.63) is 29.3 Å². The maximum absolute atomic E-state index is 12.2. The number of fused-ring (bicyclic) bond motifs is 1. The molecule has 1 aromatic rings. The number of rotatable bonds is 6. The Morgan fingerprint density at radius 3 is 2.74 bits per heavy atom. The predicted octanol–water partition coefficient (Wildman–Crippen LogP) is 1.79. The van der Waals surface area contributed by atoms with Crippen molar-refractivity contribution in [2.75, 3.05) is 39.3 Å². The number of amides is 2. The Bertz CT molecular complexity index is 669. The molecule has 7 heteroatoms. The minimum Gasteiger partial charge on any atom is -0.493 e. The predicted molar refractivity (Wildman–Crippen MR) is 102 cm³/mol. The van der Waals surface area contributed by atoms with Crippen LogP contribution in [0.5, 0.6) is 5.75 Å². The van der Waals surface area contributed by atoms with E-state index in [1.165, 1.54) is 11.1 Å². The lowest BCUT2D eigenvalue weighted by molar-refractivity contribution is -0.147. The number of carbonyl (C=O) groups is 2. The summed E-state index contributed by atoms with van der Waals surface area (Å²) in [5.41, 5.74) is 2.59. The SMILES string of the molecule is CC(C)OC(=O)CCNC(=O)N1CCN(Cc2ccc3c(c2)CCO3)CC1. The largest absolute Gasteiger partial charge is 0.493 e. The number of hydrogen-bond donors (Lipinski definition) is 1. The van der Waals surface area contributed by atoms with E-state index in [4.69, 9.17) is 9.47 Å². The summed E-state index contributed by atoms with van der Waals surface area (Å²) < 4.78 is 10.6. The molecule has 2 heterocycles. The van der Waals surface area contributed by atoms with Crippen LogP contribution in [0.25, 0.3) is 0 Å². The summed E-state index contributed by atoms with van der Waals surface area (Å²) in [6.07, 6.45) is 1.06. The molecule has 7 nitrogen and oxygen atoms in total. The van der Waals surface area contributed by atoms with Gasteiger partial charge in [-0.1, -0.05) is 12.1 Å². The van der Waals surface area contributed by atoms with Crippen LogP contribution in [0.15, 0.2) is 18.2 Å². The van der Waals surface area contributed by atoms with Crippen LogP contribution in [-0.4, -0.2) is 67.2 Å². The van der Waals surface area contributed by atoms with E-state index < -0.39 is 0 Å². The molecule has 0 bridgehead atoms. The van der Waals surface area contributed by atoms with Crippen LogP contribution in [0.2, 0.25) is 0 Å². The maximum Gasteiger partial charge on any atom is 0.317 e. The van der Waals surface area contributed by atoms with E-state index >= 15 is 0 Å². The third kappa shape index (κ3) is 5.60. The second-order valence-electron chi connectivity index (χ2n) is 7.32. The van der Waals surface area contributed by atoms with Crippen molar-refractivity contribution in [1.29, 1.82) is 0 Å². The van der Waals surface area contributed by atoms with Gasteiger partial charge in [-0.2, -0.15) is 0 Å². The third-order valence-electron chi connectivity index (χ3n) is 4.79. The van der Waals surface area contributed by atoms with Gasteiger partial charge >= 0.3 is 12.0 Å². The minimum absolute atomic E-state index is 0.110. The molecule has 0 atom stereocenters. The number of urea groups is 1. The smallest absolute Gasteiger partial charge is 0.317 e. The fourth-order valence-corrected chi connectivity index (χ4v) is 3.41. The van der Waals surface area contributed by atoms with Crippen molar-refractivity contribution < 1.29 is 19.1 Å². The van der Waals surface area contributed by atoms with Gasteiger partial charge in [0.2, 0.25) is 0 Å². The monoisotopic (exact) mass is 375 g/mol. The Morgan fingerprint density at radius 1 is 1.22 bits per heavy atom. The highest BCUT2D eigenvalue weighted by molar-refractivity contribution is 5.75. The summed E-state index contributed by atoms with van der Waals surface area (Å²) in [6, 6.07) is 6.31. The van der Waals surface area contributed by atoms with E-state index in [-0.39, 0.29) is 24.5 Å². The molecule has 148 valence electrons. The van der Waals surface area contributed by atoms with Crippen LogP contribution in [0.1, 0.15) is 31.4 Å². The van der Waals surface area contributed by atoms with Crippen molar-refractivity contribution in [3.63, 3.8) is 0 Å². The van der Waals surface area contributed by atoms with E-state index in [1.54, 1.807) is 4.90 Å². The summed E-state index contributed by atoms with van der Waals surface area (Å²) in [5, 5.41) is 2.80. The Hall–Kier alpha value is -2.28. The van der Waals surface area contributed by atoms with Gasteiger partial charge in [-0.25, -0.2) is 4.79 Å².